The van der Waals surface area contributed by atoms with Gasteiger partial charge in [-0.05, 0) is 60.8 Å². The molecule has 0 radical (unpaired) electrons. The third-order valence-electron chi connectivity index (χ3n) is 5.55. The van der Waals surface area contributed by atoms with Crippen molar-refractivity contribution in [2.24, 2.45) is 0 Å². The SMILES string of the molecule is N#Cc1cc(C2CCCCC2)c(C2CCCCC2)cc1C#N. The summed E-state index contributed by atoms with van der Waals surface area (Å²) >= 11 is 0. The lowest BCUT2D eigenvalue weighted by Gasteiger charge is -2.30. The first kappa shape index (κ1) is 15.1. The Morgan fingerprint density at radius 1 is 0.636 bits per heavy atom. The fourth-order valence-corrected chi connectivity index (χ4v) is 4.35. The molecule has 0 spiro atoms. The Labute approximate surface area is 133 Å². The molecule has 1 aromatic carbocycles. The van der Waals surface area contributed by atoms with E-state index >= 15 is 0 Å². The predicted molar refractivity (Wildman–Crippen MR) is 87.5 cm³/mol. The zero-order valence-electron chi connectivity index (χ0n) is 13.3. The van der Waals surface area contributed by atoms with Gasteiger partial charge in [0.25, 0.3) is 0 Å². The monoisotopic (exact) mass is 292 g/mol. The van der Waals surface area contributed by atoms with Crippen molar-refractivity contribution in [1.82, 2.24) is 0 Å². The van der Waals surface area contributed by atoms with Crippen molar-refractivity contribution in [3.05, 3.63) is 34.4 Å². The maximum atomic E-state index is 9.37. The first-order chi connectivity index (χ1) is 10.8. The molecular weight excluding hydrogens is 268 g/mol. The normalized spacial score (nSPS) is 20.3. The Kier molecular flexibility index (Phi) is 4.79. The molecule has 2 saturated carbocycles. The van der Waals surface area contributed by atoms with Gasteiger partial charge in [-0.1, -0.05) is 38.5 Å². The van der Waals surface area contributed by atoms with Gasteiger partial charge in [-0.25, -0.2) is 0 Å². The molecule has 0 bridgehead atoms. The molecule has 0 atom stereocenters. The van der Waals surface area contributed by atoms with Crippen LogP contribution in [-0.4, -0.2) is 0 Å². The van der Waals surface area contributed by atoms with E-state index in [4.69, 9.17) is 0 Å². The third kappa shape index (κ3) is 3.02. The molecule has 3 rings (SSSR count). The van der Waals surface area contributed by atoms with Crippen molar-refractivity contribution in [3.8, 4) is 12.1 Å². The van der Waals surface area contributed by atoms with Crippen molar-refractivity contribution in [3.63, 3.8) is 0 Å². The van der Waals surface area contributed by atoms with Crippen LogP contribution < -0.4 is 0 Å². The molecule has 0 N–H and O–H groups in total. The van der Waals surface area contributed by atoms with E-state index in [2.05, 4.69) is 24.3 Å². The number of hydrogen-bond acceptors (Lipinski definition) is 2. The maximum Gasteiger partial charge on any atom is 0.101 e. The molecule has 0 heterocycles. The highest BCUT2D eigenvalue weighted by atomic mass is 14.3. The summed E-state index contributed by atoms with van der Waals surface area (Å²) in [6.07, 6.45) is 12.9. The minimum absolute atomic E-state index is 0.572. The molecule has 2 aliphatic rings. The van der Waals surface area contributed by atoms with Gasteiger partial charge < -0.3 is 0 Å². The Morgan fingerprint density at radius 3 is 1.32 bits per heavy atom. The molecule has 0 amide bonds. The molecule has 2 nitrogen and oxygen atoms in total. The summed E-state index contributed by atoms with van der Waals surface area (Å²) in [7, 11) is 0. The lowest BCUT2D eigenvalue weighted by molar-refractivity contribution is 0.418. The van der Waals surface area contributed by atoms with Gasteiger partial charge in [0.1, 0.15) is 12.1 Å². The molecule has 2 fully saturated rings. The first-order valence-electron chi connectivity index (χ1n) is 8.81. The highest BCUT2D eigenvalue weighted by Gasteiger charge is 2.25. The molecule has 2 aliphatic carbocycles. The topological polar surface area (TPSA) is 47.6 Å². The lowest BCUT2D eigenvalue weighted by Crippen LogP contribution is -2.13. The van der Waals surface area contributed by atoms with Crippen LogP contribution in [0.2, 0.25) is 0 Å². The Balaban J connectivity index is 2.04. The van der Waals surface area contributed by atoms with Crippen LogP contribution >= 0.6 is 0 Å². The van der Waals surface area contributed by atoms with E-state index < -0.39 is 0 Å². The summed E-state index contributed by atoms with van der Waals surface area (Å²) in [5.74, 6) is 1.20. The summed E-state index contributed by atoms with van der Waals surface area (Å²) in [5, 5.41) is 18.7. The van der Waals surface area contributed by atoms with E-state index in [-0.39, 0.29) is 0 Å². The zero-order chi connectivity index (χ0) is 15.4. The van der Waals surface area contributed by atoms with E-state index in [1.165, 1.54) is 75.3 Å². The molecule has 2 heteroatoms. The predicted octanol–water partition coefficient (Wildman–Crippen LogP) is 5.53. The molecular formula is C20H24N2. The van der Waals surface area contributed by atoms with Crippen LogP contribution in [0.3, 0.4) is 0 Å². The number of rotatable bonds is 2. The van der Waals surface area contributed by atoms with Gasteiger partial charge in [-0.15, -0.1) is 0 Å². The Morgan fingerprint density at radius 2 is 1.00 bits per heavy atom. The number of benzene rings is 1. The van der Waals surface area contributed by atoms with Crippen LogP contribution in [0.25, 0.3) is 0 Å². The lowest BCUT2D eigenvalue weighted by atomic mass is 9.75. The molecule has 0 aromatic heterocycles. The van der Waals surface area contributed by atoms with Crippen molar-refractivity contribution in [1.29, 1.82) is 10.5 Å². The van der Waals surface area contributed by atoms with E-state index in [1.807, 2.05) is 0 Å². The van der Waals surface area contributed by atoms with Gasteiger partial charge in [0.05, 0.1) is 11.1 Å². The van der Waals surface area contributed by atoms with Crippen LogP contribution in [0.4, 0.5) is 0 Å². The molecule has 0 saturated heterocycles. The third-order valence-corrected chi connectivity index (χ3v) is 5.55. The van der Waals surface area contributed by atoms with E-state index in [1.54, 1.807) is 0 Å². The van der Waals surface area contributed by atoms with Gasteiger partial charge in [0.2, 0.25) is 0 Å². The van der Waals surface area contributed by atoms with Crippen molar-refractivity contribution >= 4 is 0 Å². The van der Waals surface area contributed by atoms with Gasteiger partial charge in [0.15, 0.2) is 0 Å². The Hall–Kier alpha value is -1.80. The summed E-state index contributed by atoms with van der Waals surface area (Å²) in [4.78, 5) is 0. The zero-order valence-corrected chi connectivity index (χ0v) is 13.3. The molecule has 22 heavy (non-hydrogen) atoms. The highest BCUT2D eigenvalue weighted by Crippen LogP contribution is 2.42. The second kappa shape index (κ2) is 6.97. The van der Waals surface area contributed by atoms with Crippen molar-refractivity contribution < 1.29 is 0 Å². The minimum Gasteiger partial charge on any atom is -0.192 e. The summed E-state index contributed by atoms with van der Waals surface area (Å²) in [6.45, 7) is 0. The second-order valence-corrected chi connectivity index (χ2v) is 6.92. The van der Waals surface area contributed by atoms with Crippen LogP contribution in [0.5, 0.6) is 0 Å². The number of nitriles is 2. The van der Waals surface area contributed by atoms with E-state index in [0.29, 0.717) is 23.0 Å². The highest BCUT2D eigenvalue weighted by molar-refractivity contribution is 5.52. The molecule has 0 aliphatic heterocycles. The average molecular weight is 292 g/mol. The van der Waals surface area contributed by atoms with Gasteiger partial charge in [-0.2, -0.15) is 10.5 Å². The number of nitrogens with zero attached hydrogens (tertiary/aromatic N) is 2. The number of hydrogen-bond donors (Lipinski definition) is 0. The fraction of sp³-hybridized carbons (Fsp3) is 0.600. The first-order valence-corrected chi connectivity index (χ1v) is 8.81. The molecule has 1 aromatic rings. The Bertz CT molecular complexity index is 551. The van der Waals surface area contributed by atoms with E-state index in [0.717, 1.165) is 0 Å². The fourth-order valence-electron chi connectivity index (χ4n) is 4.35. The van der Waals surface area contributed by atoms with Crippen LogP contribution in [0, 0.1) is 22.7 Å². The van der Waals surface area contributed by atoms with Crippen LogP contribution in [0.1, 0.15) is 98.3 Å². The standard InChI is InChI=1S/C20H24N2/c21-13-17-11-19(15-7-3-1-4-8-15)20(12-18(17)14-22)16-9-5-2-6-10-16/h11-12,15-16H,1-10H2. The molecule has 114 valence electrons. The summed E-state index contributed by atoms with van der Waals surface area (Å²) in [5.41, 5.74) is 3.93. The maximum absolute atomic E-state index is 9.37. The van der Waals surface area contributed by atoms with Gasteiger partial charge >= 0.3 is 0 Å². The van der Waals surface area contributed by atoms with Gasteiger partial charge in [-0.3, -0.25) is 0 Å². The summed E-state index contributed by atoms with van der Waals surface area (Å²) < 4.78 is 0. The minimum atomic E-state index is 0.572. The largest absolute Gasteiger partial charge is 0.192 e. The van der Waals surface area contributed by atoms with E-state index in [9.17, 15) is 10.5 Å². The van der Waals surface area contributed by atoms with Crippen LogP contribution in [-0.2, 0) is 0 Å². The quantitative estimate of drug-likeness (QED) is 0.720. The van der Waals surface area contributed by atoms with Crippen LogP contribution in [0.15, 0.2) is 12.1 Å². The smallest absolute Gasteiger partial charge is 0.101 e. The van der Waals surface area contributed by atoms with Gasteiger partial charge in [0, 0.05) is 0 Å². The average Bonchev–Trinajstić information content (AvgIpc) is 2.62. The molecule has 0 unspecified atom stereocenters. The van der Waals surface area contributed by atoms with Crippen molar-refractivity contribution in [2.45, 2.75) is 76.0 Å². The second-order valence-electron chi connectivity index (χ2n) is 6.92. The van der Waals surface area contributed by atoms with Crippen molar-refractivity contribution in [2.75, 3.05) is 0 Å². The summed E-state index contributed by atoms with van der Waals surface area (Å²) in [6, 6.07) is 8.58.